The molecule has 1 unspecified atom stereocenters. The Hall–Kier alpha value is -0.120. The van der Waals surface area contributed by atoms with Crippen LogP contribution in [0.3, 0.4) is 0 Å². The van der Waals surface area contributed by atoms with E-state index in [1.807, 2.05) is 0 Å². The van der Waals surface area contributed by atoms with Crippen molar-refractivity contribution in [3.8, 4) is 0 Å². The molecule has 3 heteroatoms. The number of piperidine rings is 1. The van der Waals surface area contributed by atoms with E-state index in [-0.39, 0.29) is 5.79 Å². The first kappa shape index (κ1) is 12.3. The Bertz CT molecular complexity index is 214. The second-order valence-electron chi connectivity index (χ2n) is 5.36. The number of likely N-dealkylation sites (tertiary alicyclic amines) is 1. The minimum atomic E-state index is -0.216. The van der Waals surface area contributed by atoms with Crippen LogP contribution in [0, 0.1) is 5.92 Å². The lowest BCUT2D eigenvalue weighted by Crippen LogP contribution is -2.50. The van der Waals surface area contributed by atoms with Gasteiger partial charge in [0.15, 0.2) is 5.79 Å². The lowest BCUT2D eigenvalue weighted by atomic mass is 9.95. The number of rotatable bonds is 3. The van der Waals surface area contributed by atoms with Crippen LogP contribution in [0.25, 0.3) is 0 Å². The smallest absolute Gasteiger partial charge is 0.170 e. The van der Waals surface area contributed by atoms with Gasteiger partial charge in [0.25, 0.3) is 0 Å². The van der Waals surface area contributed by atoms with Gasteiger partial charge in [-0.3, -0.25) is 4.90 Å². The first-order valence-electron chi connectivity index (χ1n) is 6.69. The highest BCUT2D eigenvalue weighted by Gasteiger charge is 2.41. The van der Waals surface area contributed by atoms with E-state index in [1.54, 1.807) is 0 Å². The van der Waals surface area contributed by atoms with Gasteiger partial charge in [-0.05, 0) is 12.3 Å². The molecule has 0 saturated carbocycles. The minimum Gasteiger partial charge on any atom is -0.347 e. The quantitative estimate of drug-likeness (QED) is 0.738. The summed E-state index contributed by atoms with van der Waals surface area (Å²) in [7, 11) is 0. The molecular weight excluding hydrogens is 202 g/mol. The van der Waals surface area contributed by atoms with E-state index >= 15 is 0 Å². The second kappa shape index (κ2) is 5.03. The van der Waals surface area contributed by atoms with Crippen LogP contribution in [0.4, 0.5) is 0 Å². The van der Waals surface area contributed by atoms with Gasteiger partial charge in [0.05, 0.1) is 13.2 Å². The normalized spacial score (nSPS) is 27.8. The van der Waals surface area contributed by atoms with Crippen LogP contribution in [0.15, 0.2) is 0 Å². The molecule has 0 bridgehead atoms. The molecule has 0 amide bonds. The van der Waals surface area contributed by atoms with E-state index in [2.05, 4.69) is 25.7 Å². The maximum Gasteiger partial charge on any atom is 0.170 e. The number of ether oxygens (including phenoxy) is 2. The second-order valence-corrected chi connectivity index (χ2v) is 5.36. The van der Waals surface area contributed by atoms with Gasteiger partial charge in [0.2, 0.25) is 0 Å². The Morgan fingerprint density at radius 2 is 1.69 bits per heavy atom. The Labute approximate surface area is 99.1 Å². The Morgan fingerprint density at radius 1 is 1.12 bits per heavy atom. The van der Waals surface area contributed by atoms with Crippen molar-refractivity contribution in [3.63, 3.8) is 0 Å². The summed E-state index contributed by atoms with van der Waals surface area (Å²) >= 11 is 0. The fourth-order valence-corrected chi connectivity index (χ4v) is 3.13. The van der Waals surface area contributed by atoms with Crippen molar-refractivity contribution in [2.75, 3.05) is 26.3 Å². The van der Waals surface area contributed by atoms with Crippen LogP contribution in [0.1, 0.15) is 40.0 Å². The van der Waals surface area contributed by atoms with Gasteiger partial charge in [0.1, 0.15) is 0 Å². The molecule has 0 aromatic rings. The summed E-state index contributed by atoms with van der Waals surface area (Å²) in [5, 5.41) is 0. The number of hydrogen-bond donors (Lipinski definition) is 0. The Kier molecular flexibility index (Phi) is 3.88. The molecule has 0 aromatic heterocycles. The maximum atomic E-state index is 5.75. The van der Waals surface area contributed by atoms with Crippen LogP contribution >= 0.6 is 0 Å². The summed E-state index contributed by atoms with van der Waals surface area (Å²) in [5.74, 6) is 0.524. The standard InChI is InChI=1S/C13H25NO2/c1-4-12(11(2)3)14-7-5-13(6-8-14)15-9-10-16-13/h11-12H,4-10H2,1-3H3. The predicted octanol–water partition coefficient (Wildman–Crippen LogP) is 2.26. The molecule has 0 aliphatic carbocycles. The SMILES string of the molecule is CCC(C(C)C)N1CCC2(CC1)OCCO2. The highest BCUT2D eigenvalue weighted by Crippen LogP contribution is 2.33. The minimum absolute atomic E-state index is 0.216. The van der Waals surface area contributed by atoms with Gasteiger partial charge in [0, 0.05) is 32.0 Å². The van der Waals surface area contributed by atoms with Gasteiger partial charge in [-0.2, -0.15) is 0 Å². The largest absolute Gasteiger partial charge is 0.347 e. The van der Waals surface area contributed by atoms with Crippen molar-refractivity contribution in [1.82, 2.24) is 4.90 Å². The van der Waals surface area contributed by atoms with E-state index in [4.69, 9.17) is 9.47 Å². The van der Waals surface area contributed by atoms with Crippen molar-refractivity contribution >= 4 is 0 Å². The molecule has 0 N–H and O–H groups in total. The van der Waals surface area contributed by atoms with E-state index < -0.39 is 0 Å². The predicted molar refractivity (Wildman–Crippen MR) is 64.4 cm³/mol. The summed E-state index contributed by atoms with van der Waals surface area (Å²) in [5.41, 5.74) is 0. The molecule has 2 saturated heterocycles. The van der Waals surface area contributed by atoms with Crippen molar-refractivity contribution in [2.24, 2.45) is 5.92 Å². The van der Waals surface area contributed by atoms with Crippen LogP contribution in [0.2, 0.25) is 0 Å². The van der Waals surface area contributed by atoms with E-state index in [0.29, 0.717) is 0 Å². The molecule has 0 radical (unpaired) electrons. The lowest BCUT2D eigenvalue weighted by Gasteiger charge is -2.42. The van der Waals surface area contributed by atoms with Gasteiger partial charge >= 0.3 is 0 Å². The molecule has 16 heavy (non-hydrogen) atoms. The highest BCUT2D eigenvalue weighted by atomic mass is 16.7. The summed E-state index contributed by atoms with van der Waals surface area (Å²) in [6, 6.07) is 0.721. The molecule has 2 aliphatic heterocycles. The molecular formula is C13H25NO2. The van der Waals surface area contributed by atoms with Crippen LogP contribution in [0.5, 0.6) is 0 Å². The average molecular weight is 227 g/mol. The zero-order valence-electron chi connectivity index (χ0n) is 10.9. The fraction of sp³-hybridized carbons (Fsp3) is 1.00. The molecule has 2 rings (SSSR count). The van der Waals surface area contributed by atoms with Crippen LogP contribution in [-0.2, 0) is 9.47 Å². The van der Waals surface area contributed by atoms with Gasteiger partial charge in [-0.1, -0.05) is 20.8 Å². The topological polar surface area (TPSA) is 21.7 Å². The van der Waals surface area contributed by atoms with Crippen LogP contribution < -0.4 is 0 Å². The Morgan fingerprint density at radius 3 is 2.12 bits per heavy atom. The average Bonchev–Trinajstić information content (AvgIpc) is 2.70. The molecule has 1 atom stereocenters. The summed E-state index contributed by atoms with van der Waals surface area (Å²) < 4.78 is 11.5. The first-order valence-corrected chi connectivity index (χ1v) is 6.69. The maximum absolute atomic E-state index is 5.75. The zero-order valence-corrected chi connectivity index (χ0v) is 10.9. The zero-order chi connectivity index (χ0) is 11.6. The molecule has 94 valence electrons. The summed E-state index contributed by atoms with van der Waals surface area (Å²) in [6.45, 7) is 10.7. The van der Waals surface area contributed by atoms with Gasteiger partial charge in [-0.15, -0.1) is 0 Å². The first-order chi connectivity index (χ1) is 7.67. The Balaban J connectivity index is 1.88. The van der Waals surface area contributed by atoms with Crippen molar-refractivity contribution in [1.29, 1.82) is 0 Å². The lowest BCUT2D eigenvalue weighted by molar-refractivity contribution is -0.189. The molecule has 1 spiro atoms. The number of hydrogen-bond acceptors (Lipinski definition) is 3. The summed E-state index contributed by atoms with van der Waals surface area (Å²) in [4.78, 5) is 2.61. The molecule has 2 heterocycles. The van der Waals surface area contributed by atoms with Crippen molar-refractivity contribution in [2.45, 2.75) is 51.9 Å². The highest BCUT2D eigenvalue weighted by molar-refractivity contribution is 4.86. The van der Waals surface area contributed by atoms with Crippen molar-refractivity contribution in [3.05, 3.63) is 0 Å². The van der Waals surface area contributed by atoms with Gasteiger partial charge in [-0.25, -0.2) is 0 Å². The fourth-order valence-electron chi connectivity index (χ4n) is 3.13. The van der Waals surface area contributed by atoms with Gasteiger partial charge < -0.3 is 9.47 Å². The van der Waals surface area contributed by atoms with Crippen LogP contribution in [-0.4, -0.2) is 43.0 Å². The number of nitrogens with zero attached hydrogens (tertiary/aromatic N) is 1. The summed E-state index contributed by atoms with van der Waals surface area (Å²) in [6.07, 6.45) is 3.32. The third kappa shape index (κ3) is 2.41. The molecule has 2 fully saturated rings. The third-order valence-corrected chi connectivity index (χ3v) is 4.03. The molecule has 3 nitrogen and oxygen atoms in total. The molecule has 2 aliphatic rings. The van der Waals surface area contributed by atoms with E-state index in [1.165, 1.54) is 6.42 Å². The van der Waals surface area contributed by atoms with E-state index in [0.717, 1.165) is 51.1 Å². The monoisotopic (exact) mass is 227 g/mol. The molecule has 0 aromatic carbocycles. The van der Waals surface area contributed by atoms with Crippen molar-refractivity contribution < 1.29 is 9.47 Å². The van der Waals surface area contributed by atoms with E-state index in [9.17, 15) is 0 Å². The third-order valence-electron chi connectivity index (χ3n) is 4.03.